The molecule has 0 aromatic carbocycles. The summed E-state index contributed by atoms with van der Waals surface area (Å²) in [5.74, 6) is 1.52. The second kappa shape index (κ2) is 8.78. The second-order valence-electron chi connectivity index (χ2n) is 2.76. The van der Waals surface area contributed by atoms with Gasteiger partial charge in [-0.15, -0.1) is 11.8 Å². The third kappa shape index (κ3) is 7.14. The molecule has 0 heterocycles. The van der Waals surface area contributed by atoms with Gasteiger partial charge in [-0.2, -0.15) is 0 Å². The monoisotopic (exact) mass is 303 g/mol. The topological polar surface area (TPSA) is 40.0 Å². The maximum Gasteiger partial charge on any atom is 0.244 e. The van der Waals surface area contributed by atoms with Crippen molar-refractivity contribution in [1.82, 2.24) is 0 Å². The van der Waals surface area contributed by atoms with Crippen LogP contribution < -0.4 is 0 Å². The molecule has 0 N–H and O–H groups in total. The van der Waals surface area contributed by atoms with Crippen molar-refractivity contribution in [3.8, 4) is 0 Å². The van der Waals surface area contributed by atoms with E-state index in [0.29, 0.717) is 6.61 Å². The van der Waals surface area contributed by atoms with Crippen LogP contribution in [0.3, 0.4) is 0 Å². The molecule has 0 bridgehead atoms. The van der Waals surface area contributed by atoms with E-state index in [2.05, 4.69) is 17.2 Å². The van der Waals surface area contributed by atoms with Crippen molar-refractivity contribution in [2.24, 2.45) is 4.99 Å². The molecule has 0 aliphatic carbocycles. The van der Waals surface area contributed by atoms with Gasteiger partial charge in [-0.25, -0.2) is 0 Å². The van der Waals surface area contributed by atoms with Crippen LogP contribution in [-0.2, 0) is 25.6 Å². The highest BCUT2D eigenvalue weighted by molar-refractivity contribution is 8.60. The largest absolute Gasteiger partial charge is 0.484 e. The highest BCUT2D eigenvalue weighted by Gasteiger charge is 2.13. The third-order valence-corrected chi connectivity index (χ3v) is 5.39. The summed E-state index contributed by atoms with van der Waals surface area (Å²) in [4.78, 5) is 4.03. The predicted molar refractivity (Wildman–Crippen MR) is 78.5 cm³/mol. The summed E-state index contributed by atoms with van der Waals surface area (Å²) in [7, 11) is 4.84. The minimum absolute atomic E-state index is 0.207. The van der Waals surface area contributed by atoms with Crippen LogP contribution in [0.2, 0.25) is 0 Å². The van der Waals surface area contributed by atoms with Crippen molar-refractivity contribution < 1.29 is 13.8 Å². The lowest BCUT2D eigenvalue weighted by Gasteiger charge is -2.15. The minimum Gasteiger partial charge on any atom is -0.484 e. The van der Waals surface area contributed by atoms with Crippen LogP contribution in [0.1, 0.15) is 6.92 Å². The van der Waals surface area contributed by atoms with Gasteiger partial charge in [0.1, 0.15) is 0 Å². The fourth-order valence-corrected chi connectivity index (χ4v) is 2.84. The standard InChI is InChI=1S/C8H18NO3PS3/c1-7(8(9-2)10-3)16-6-5-12-13(14,15)11-4/h7H,5-6H2,1-4H3,(H,14,15)/t7-/m0/s1. The Hall–Kier alpha value is 0.740. The van der Waals surface area contributed by atoms with Gasteiger partial charge in [-0.1, -0.05) is 12.2 Å². The number of thioether (sulfide) groups is 1. The van der Waals surface area contributed by atoms with Crippen LogP contribution in [0.15, 0.2) is 4.99 Å². The number of thiol groups is 1. The summed E-state index contributed by atoms with van der Waals surface area (Å²) in [6.07, 6.45) is 0. The molecule has 16 heavy (non-hydrogen) atoms. The van der Waals surface area contributed by atoms with Gasteiger partial charge >= 0.3 is 0 Å². The van der Waals surface area contributed by atoms with E-state index in [1.54, 1.807) is 25.9 Å². The number of methoxy groups -OCH3 is 1. The molecular formula is C8H18NO3PS3. The van der Waals surface area contributed by atoms with E-state index in [-0.39, 0.29) is 5.25 Å². The van der Waals surface area contributed by atoms with E-state index >= 15 is 0 Å². The smallest absolute Gasteiger partial charge is 0.244 e. The maximum atomic E-state index is 5.34. The highest BCUT2D eigenvalue weighted by atomic mass is 32.9. The molecule has 0 aromatic heterocycles. The molecule has 0 aromatic rings. The lowest BCUT2D eigenvalue weighted by atomic mass is 10.5. The van der Waals surface area contributed by atoms with Crippen molar-refractivity contribution >= 4 is 47.4 Å². The van der Waals surface area contributed by atoms with Gasteiger partial charge < -0.3 is 13.8 Å². The minimum atomic E-state index is -2.32. The first kappa shape index (κ1) is 16.7. The Kier molecular flexibility index (Phi) is 9.18. The average Bonchev–Trinajstić information content (AvgIpc) is 2.26. The van der Waals surface area contributed by atoms with E-state index in [1.165, 1.54) is 7.11 Å². The van der Waals surface area contributed by atoms with Crippen molar-refractivity contribution in [1.29, 1.82) is 0 Å². The predicted octanol–water partition coefficient (Wildman–Crippen LogP) is 2.60. The summed E-state index contributed by atoms with van der Waals surface area (Å²) in [5, 5.41) is 0.207. The molecule has 2 atom stereocenters. The molecule has 0 rings (SSSR count). The lowest BCUT2D eigenvalue weighted by molar-refractivity contribution is 0.313. The number of hydrogen-bond donors (Lipinski definition) is 1. The van der Waals surface area contributed by atoms with E-state index in [1.807, 2.05) is 6.92 Å². The lowest BCUT2D eigenvalue weighted by Crippen LogP contribution is -2.16. The molecule has 0 saturated heterocycles. The van der Waals surface area contributed by atoms with Gasteiger partial charge in [-0.3, -0.25) is 4.99 Å². The first-order chi connectivity index (χ1) is 7.46. The molecule has 1 unspecified atom stereocenters. The Morgan fingerprint density at radius 1 is 1.56 bits per heavy atom. The summed E-state index contributed by atoms with van der Waals surface area (Å²) >= 11 is 10.8. The van der Waals surface area contributed by atoms with Crippen LogP contribution in [0.25, 0.3) is 0 Å². The molecule has 0 fully saturated rings. The van der Waals surface area contributed by atoms with Gasteiger partial charge in [0.2, 0.25) is 5.69 Å². The zero-order chi connectivity index (χ0) is 12.6. The molecular weight excluding hydrogens is 285 g/mol. The molecule has 0 radical (unpaired) electrons. The van der Waals surface area contributed by atoms with Gasteiger partial charge in [0.15, 0.2) is 5.90 Å². The Balaban J connectivity index is 3.79. The van der Waals surface area contributed by atoms with E-state index in [0.717, 1.165) is 11.7 Å². The van der Waals surface area contributed by atoms with Gasteiger partial charge in [0.05, 0.1) is 19.0 Å². The van der Waals surface area contributed by atoms with Crippen molar-refractivity contribution in [3.05, 3.63) is 0 Å². The first-order valence-electron chi connectivity index (χ1n) is 4.62. The number of hydrogen-bond acceptors (Lipinski definition) is 6. The Bertz CT molecular complexity index is 275. The van der Waals surface area contributed by atoms with Gasteiger partial charge in [0, 0.05) is 19.9 Å². The molecule has 0 amide bonds. The Morgan fingerprint density at radius 3 is 2.62 bits per heavy atom. The molecule has 0 spiro atoms. The molecule has 0 saturated carbocycles. The van der Waals surface area contributed by atoms with Crippen molar-refractivity contribution in [3.63, 3.8) is 0 Å². The summed E-state index contributed by atoms with van der Waals surface area (Å²) in [6.45, 7) is 2.55. The number of rotatable bonds is 7. The van der Waals surface area contributed by atoms with Crippen LogP contribution >= 0.6 is 29.7 Å². The van der Waals surface area contributed by atoms with Crippen molar-refractivity contribution in [2.75, 3.05) is 33.6 Å². The van der Waals surface area contributed by atoms with E-state index < -0.39 is 5.69 Å². The summed E-state index contributed by atoms with van der Waals surface area (Å²) in [6, 6.07) is 0. The third-order valence-electron chi connectivity index (χ3n) is 1.71. The molecule has 0 aliphatic rings. The Morgan fingerprint density at radius 2 is 2.19 bits per heavy atom. The first-order valence-corrected chi connectivity index (χ1v) is 9.46. The Labute approximate surface area is 112 Å². The van der Waals surface area contributed by atoms with Gasteiger partial charge in [-0.05, 0) is 18.7 Å². The van der Waals surface area contributed by atoms with E-state index in [9.17, 15) is 0 Å². The fraction of sp³-hybridized carbons (Fsp3) is 0.875. The van der Waals surface area contributed by atoms with Crippen LogP contribution in [0.5, 0.6) is 0 Å². The SMILES string of the molecule is CN=C(OC)[C@H](C)SCCOP(=S)(S)OC. The zero-order valence-corrected chi connectivity index (χ0v) is 13.3. The summed E-state index contributed by atoms with van der Waals surface area (Å²) in [5.41, 5.74) is -2.32. The molecule has 96 valence electrons. The number of aliphatic imine (C=N–C) groups is 1. The van der Waals surface area contributed by atoms with Crippen LogP contribution in [0, 0.1) is 0 Å². The molecule has 4 nitrogen and oxygen atoms in total. The average molecular weight is 303 g/mol. The summed E-state index contributed by atoms with van der Waals surface area (Å²) < 4.78 is 15.4. The van der Waals surface area contributed by atoms with Crippen LogP contribution in [0.4, 0.5) is 0 Å². The molecule has 8 heteroatoms. The van der Waals surface area contributed by atoms with Gasteiger partial charge in [0.25, 0.3) is 0 Å². The fourth-order valence-electron chi connectivity index (χ4n) is 0.941. The highest BCUT2D eigenvalue weighted by Crippen LogP contribution is 2.52. The van der Waals surface area contributed by atoms with Crippen LogP contribution in [-0.4, -0.2) is 44.8 Å². The van der Waals surface area contributed by atoms with E-state index in [4.69, 9.17) is 25.6 Å². The maximum absolute atomic E-state index is 5.34. The molecule has 0 aliphatic heterocycles. The number of ether oxygens (including phenoxy) is 1. The zero-order valence-electron chi connectivity index (χ0n) is 9.87. The second-order valence-corrected chi connectivity index (χ2v) is 9.61. The van der Waals surface area contributed by atoms with Crippen molar-refractivity contribution in [2.45, 2.75) is 12.2 Å². The number of nitrogens with zero attached hydrogens (tertiary/aromatic N) is 1. The normalized spacial score (nSPS) is 17.9. The quantitative estimate of drug-likeness (QED) is 0.257.